The van der Waals surface area contributed by atoms with Gasteiger partial charge >= 0.3 is 0 Å². The third-order valence-corrected chi connectivity index (χ3v) is 5.95. The molecule has 31 heavy (non-hydrogen) atoms. The van der Waals surface area contributed by atoms with E-state index in [9.17, 15) is 9.18 Å². The highest BCUT2D eigenvalue weighted by Gasteiger charge is 2.23. The maximum Gasteiger partial charge on any atom is 0.255 e. The Hall–Kier alpha value is -2.99. The van der Waals surface area contributed by atoms with Gasteiger partial charge in [-0.05, 0) is 61.5 Å². The second-order valence-electron chi connectivity index (χ2n) is 8.38. The number of carbonyl (C=O) groups is 1. The molecule has 1 saturated heterocycles. The highest BCUT2D eigenvalue weighted by atomic mass is 19.1. The van der Waals surface area contributed by atoms with Crippen LogP contribution in [-0.2, 0) is 26.6 Å². The molecule has 1 aliphatic rings. The van der Waals surface area contributed by atoms with E-state index in [0.29, 0.717) is 18.0 Å². The van der Waals surface area contributed by atoms with Crippen molar-refractivity contribution in [2.45, 2.75) is 32.4 Å². The predicted molar refractivity (Wildman–Crippen MR) is 119 cm³/mol. The molecule has 2 heterocycles. The quantitative estimate of drug-likeness (QED) is 0.630. The van der Waals surface area contributed by atoms with Gasteiger partial charge in [-0.25, -0.2) is 4.39 Å². The van der Waals surface area contributed by atoms with Crippen LogP contribution in [0.5, 0.6) is 0 Å². The minimum absolute atomic E-state index is 0.0688. The lowest BCUT2D eigenvalue weighted by Crippen LogP contribution is -2.34. The fourth-order valence-electron chi connectivity index (χ4n) is 4.22. The number of aryl methyl sites for hydroxylation is 1. The minimum atomic E-state index is -0.193. The van der Waals surface area contributed by atoms with Gasteiger partial charge in [0.25, 0.3) is 5.91 Å². The summed E-state index contributed by atoms with van der Waals surface area (Å²) in [6.07, 6.45) is 4.78. The normalized spacial score (nSPS) is 15.2. The number of aromatic nitrogens is 2. The van der Waals surface area contributed by atoms with Crippen molar-refractivity contribution in [2.24, 2.45) is 13.0 Å². The average Bonchev–Trinajstić information content (AvgIpc) is 3.16. The largest absolute Gasteiger partial charge is 0.348 e. The number of likely N-dealkylation sites (tertiary alicyclic amines) is 1. The van der Waals surface area contributed by atoms with Gasteiger partial charge in [0.1, 0.15) is 5.82 Å². The number of piperidine rings is 1. The van der Waals surface area contributed by atoms with E-state index in [1.165, 1.54) is 12.1 Å². The highest BCUT2D eigenvalue weighted by Crippen LogP contribution is 2.24. The highest BCUT2D eigenvalue weighted by molar-refractivity contribution is 5.95. The van der Waals surface area contributed by atoms with Gasteiger partial charge in [0.15, 0.2) is 0 Å². The zero-order chi connectivity index (χ0) is 21.6. The van der Waals surface area contributed by atoms with E-state index in [-0.39, 0.29) is 11.7 Å². The van der Waals surface area contributed by atoms with Gasteiger partial charge in [-0.15, -0.1) is 0 Å². The van der Waals surface area contributed by atoms with Gasteiger partial charge in [-0.3, -0.25) is 14.4 Å². The Balaban J connectivity index is 1.30. The summed E-state index contributed by atoms with van der Waals surface area (Å²) in [4.78, 5) is 15.2. The summed E-state index contributed by atoms with van der Waals surface area (Å²) in [5.41, 5.74) is 3.77. The lowest BCUT2D eigenvalue weighted by molar-refractivity contribution is 0.0949. The summed E-state index contributed by atoms with van der Waals surface area (Å²) < 4.78 is 14.8. The number of carbonyl (C=O) groups excluding carboxylic acids is 1. The Morgan fingerprint density at radius 3 is 2.48 bits per heavy atom. The Morgan fingerprint density at radius 1 is 1.06 bits per heavy atom. The second-order valence-corrected chi connectivity index (χ2v) is 8.38. The van der Waals surface area contributed by atoms with Gasteiger partial charge in [0.2, 0.25) is 0 Å². The number of benzene rings is 2. The summed E-state index contributed by atoms with van der Waals surface area (Å²) in [6, 6.07) is 16.7. The Kier molecular flexibility index (Phi) is 6.77. The molecular formula is C25H29FN4O. The van der Waals surface area contributed by atoms with E-state index < -0.39 is 0 Å². The SMILES string of the molecule is Cn1cc(C(=O)NCc2ccccc2)c(CC2CCN(Cc3ccc(F)cc3)CC2)n1. The molecule has 0 radical (unpaired) electrons. The van der Waals surface area contributed by atoms with Gasteiger partial charge in [-0.2, -0.15) is 5.10 Å². The van der Waals surface area contributed by atoms with E-state index in [1.807, 2.05) is 55.7 Å². The first kappa shape index (κ1) is 21.2. The molecule has 1 fully saturated rings. The molecule has 4 rings (SSSR count). The van der Waals surface area contributed by atoms with Gasteiger partial charge in [0, 0.05) is 26.3 Å². The summed E-state index contributed by atoms with van der Waals surface area (Å²) in [7, 11) is 1.86. The minimum Gasteiger partial charge on any atom is -0.348 e. The van der Waals surface area contributed by atoms with E-state index >= 15 is 0 Å². The number of hydrogen-bond donors (Lipinski definition) is 1. The van der Waals surface area contributed by atoms with E-state index in [1.54, 1.807) is 4.68 Å². The van der Waals surface area contributed by atoms with Crippen LogP contribution < -0.4 is 5.32 Å². The Morgan fingerprint density at radius 2 is 1.77 bits per heavy atom. The number of halogens is 1. The molecular weight excluding hydrogens is 391 g/mol. The van der Waals surface area contributed by atoms with Crippen LogP contribution in [0.15, 0.2) is 60.8 Å². The van der Waals surface area contributed by atoms with Crippen LogP contribution in [-0.4, -0.2) is 33.7 Å². The van der Waals surface area contributed by atoms with Gasteiger partial charge < -0.3 is 5.32 Å². The summed E-state index contributed by atoms with van der Waals surface area (Å²) in [6.45, 7) is 3.37. The van der Waals surface area contributed by atoms with Crippen LogP contribution in [0.2, 0.25) is 0 Å². The molecule has 0 aliphatic carbocycles. The molecule has 1 aliphatic heterocycles. The van der Waals surface area contributed by atoms with Crippen molar-refractivity contribution in [1.82, 2.24) is 20.0 Å². The summed E-state index contributed by atoms with van der Waals surface area (Å²) >= 11 is 0. The first-order valence-electron chi connectivity index (χ1n) is 10.9. The number of hydrogen-bond acceptors (Lipinski definition) is 3. The van der Waals surface area contributed by atoms with E-state index in [2.05, 4.69) is 15.3 Å². The molecule has 2 aromatic carbocycles. The zero-order valence-electron chi connectivity index (χ0n) is 17.9. The smallest absolute Gasteiger partial charge is 0.255 e. The second kappa shape index (κ2) is 9.88. The van der Waals surface area contributed by atoms with Crippen LogP contribution >= 0.6 is 0 Å². The zero-order valence-corrected chi connectivity index (χ0v) is 17.9. The van der Waals surface area contributed by atoms with E-state index in [4.69, 9.17) is 0 Å². The number of nitrogens with zero attached hydrogens (tertiary/aromatic N) is 3. The van der Waals surface area contributed by atoms with Gasteiger partial charge in [-0.1, -0.05) is 42.5 Å². The molecule has 5 nitrogen and oxygen atoms in total. The molecule has 1 aromatic heterocycles. The topological polar surface area (TPSA) is 50.2 Å². The monoisotopic (exact) mass is 420 g/mol. The maximum atomic E-state index is 13.1. The Bertz CT molecular complexity index is 992. The van der Waals surface area contributed by atoms with Crippen molar-refractivity contribution in [3.05, 3.63) is 89.0 Å². The van der Waals surface area contributed by atoms with Crippen LogP contribution in [0.3, 0.4) is 0 Å². The van der Waals surface area contributed by atoms with Crippen molar-refractivity contribution in [3.8, 4) is 0 Å². The molecule has 0 unspecified atom stereocenters. The number of amides is 1. The van der Waals surface area contributed by atoms with Crippen molar-refractivity contribution >= 4 is 5.91 Å². The first-order valence-corrected chi connectivity index (χ1v) is 10.9. The van der Waals surface area contributed by atoms with E-state index in [0.717, 1.165) is 55.7 Å². The molecule has 1 N–H and O–H groups in total. The third-order valence-electron chi connectivity index (χ3n) is 5.95. The van der Waals surface area contributed by atoms with Crippen LogP contribution in [0, 0.1) is 11.7 Å². The summed E-state index contributed by atoms with van der Waals surface area (Å²) in [5.74, 6) is 0.252. The number of rotatable bonds is 7. The van der Waals surface area contributed by atoms with Gasteiger partial charge in [0.05, 0.1) is 11.3 Å². The molecule has 1 amide bonds. The standard InChI is InChI=1S/C25H29FN4O/c1-29-18-23(25(31)27-16-20-5-3-2-4-6-20)24(28-29)15-19-11-13-30(14-12-19)17-21-7-9-22(26)10-8-21/h2-10,18-19H,11-17H2,1H3,(H,27,31). The number of nitrogens with one attached hydrogen (secondary N) is 1. The summed E-state index contributed by atoms with van der Waals surface area (Å²) in [5, 5.41) is 7.60. The molecule has 0 spiro atoms. The van der Waals surface area contributed by atoms with Crippen molar-refractivity contribution in [2.75, 3.05) is 13.1 Å². The van der Waals surface area contributed by atoms with Crippen LogP contribution in [0.25, 0.3) is 0 Å². The fourth-order valence-corrected chi connectivity index (χ4v) is 4.22. The fraction of sp³-hybridized carbons (Fsp3) is 0.360. The van der Waals surface area contributed by atoms with Crippen molar-refractivity contribution in [3.63, 3.8) is 0 Å². The van der Waals surface area contributed by atoms with Crippen molar-refractivity contribution in [1.29, 1.82) is 0 Å². The lowest BCUT2D eigenvalue weighted by atomic mass is 9.91. The molecule has 0 atom stereocenters. The Labute approximate surface area is 182 Å². The predicted octanol–water partition coefficient (Wildman–Crippen LogP) is 3.94. The first-order chi connectivity index (χ1) is 15.1. The molecule has 0 bridgehead atoms. The average molecular weight is 421 g/mol. The van der Waals surface area contributed by atoms with Crippen LogP contribution in [0.4, 0.5) is 4.39 Å². The maximum absolute atomic E-state index is 13.1. The third kappa shape index (κ3) is 5.79. The molecule has 3 aromatic rings. The molecule has 6 heteroatoms. The van der Waals surface area contributed by atoms with Crippen LogP contribution in [0.1, 0.15) is 40.0 Å². The molecule has 162 valence electrons. The lowest BCUT2D eigenvalue weighted by Gasteiger charge is -2.31. The van der Waals surface area contributed by atoms with Crippen molar-refractivity contribution < 1.29 is 9.18 Å². The molecule has 0 saturated carbocycles.